The van der Waals surface area contributed by atoms with Crippen LogP contribution in [0.1, 0.15) is 16.9 Å². The first-order chi connectivity index (χ1) is 14.1. The number of nitrogens with zero attached hydrogens (tertiary/aromatic N) is 1. The van der Waals surface area contributed by atoms with Gasteiger partial charge >= 0.3 is 0 Å². The van der Waals surface area contributed by atoms with Crippen LogP contribution in [0.2, 0.25) is 0 Å². The summed E-state index contributed by atoms with van der Waals surface area (Å²) in [6, 6.07) is 7.13. The zero-order valence-corrected chi connectivity index (χ0v) is 16.3. The first-order valence-corrected chi connectivity index (χ1v) is 9.25. The second-order valence-electron chi connectivity index (χ2n) is 5.93. The summed E-state index contributed by atoms with van der Waals surface area (Å²) in [7, 11) is 3.14. The predicted octanol–water partition coefficient (Wildman–Crippen LogP) is 3.57. The number of furan rings is 1. The van der Waals surface area contributed by atoms with Crippen LogP contribution in [0.15, 0.2) is 46.0 Å². The molecule has 8 heteroatoms. The van der Waals surface area contributed by atoms with Crippen LogP contribution in [0.5, 0.6) is 11.5 Å². The number of methoxy groups -OCH3 is 2. The normalized spacial score (nSPS) is 14.6. The van der Waals surface area contributed by atoms with Crippen LogP contribution >= 0.6 is 11.8 Å². The minimum Gasteiger partial charge on any atom is -0.493 e. The molecule has 1 N–H and O–H groups in total. The summed E-state index contributed by atoms with van der Waals surface area (Å²) in [4.78, 5) is 27.5. The maximum Gasteiger partial charge on any atom is 0.290 e. The summed E-state index contributed by atoms with van der Waals surface area (Å²) < 4.78 is 16.4. The summed E-state index contributed by atoms with van der Waals surface area (Å²) in [5, 5.41) is 2.55. The van der Waals surface area contributed by atoms with Crippen LogP contribution in [0.3, 0.4) is 0 Å². The van der Waals surface area contributed by atoms with E-state index in [4.69, 9.17) is 13.9 Å². The van der Waals surface area contributed by atoms with E-state index in [2.05, 4.69) is 22.1 Å². The second-order valence-corrected chi connectivity index (χ2v) is 6.94. The van der Waals surface area contributed by atoms with Gasteiger partial charge in [-0.3, -0.25) is 19.9 Å². The Morgan fingerprint density at radius 3 is 2.66 bits per heavy atom. The first kappa shape index (κ1) is 18.7. The van der Waals surface area contributed by atoms with Crippen molar-refractivity contribution in [3.63, 3.8) is 0 Å². The van der Waals surface area contributed by atoms with Crippen LogP contribution in [0, 0.1) is 11.8 Å². The lowest BCUT2D eigenvalue weighted by Gasteiger charge is -2.06. The highest BCUT2D eigenvalue weighted by atomic mass is 32.2. The molecule has 2 amide bonds. The van der Waals surface area contributed by atoms with E-state index >= 15 is 0 Å². The lowest BCUT2D eigenvalue weighted by Crippen LogP contribution is -2.17. The Kier molecular flexibility index (Phi) is 4.97. The molecule has 2 aromatic heterocycles. The van der Waals surface area contributed by atoms with Crippen LogP contribution < -0.4 is 14.8 Å². The number of imide groups is 1. The van der Waals surface area contributed by atoms with Crippen molar-refractivity contribution in [1.82, 2.24) is 10.3 Å². The zero-order valence-electron chi connectivity index (χ0n) is 15.4. The molecule has 1 saturated heterocycles. The van der Waals surface area contributed by atoms with Crippen LogP contribution in [0.4, 0.5) is 4.79 Å². The molecule has 1 aromatic carbocycles. The summed E-state index contributed by atoms with van der Waals surface area (Å²) in [6.45, 7) is 0. The maximum absolute atomic E-state index is 11.7. The van der Waals surface area contributed by atoms with Crippen molar-refractivity contribution in [1.29, 1.82) is 0 Å². The Morgan fingerprint density at radius 2 is 1.93 bits per heavy atom. The molecule has 0 unspecified atom stereocenters. The average Bonchev–Trinajstić information content (AvgIpc) is 3.28. The van der Waals surface area contributed by atoms with Crippen LogP contribution in [0.25, 0.3) is 17.0 Å². The van der Waals surface area contributed by atoms with Crippen molar-refractivity contribution in [3.8, 4) is 23.3 Å². The van der Waals surface area contributed by atoms with E-state index in [1.54, 1.807) is 44.8 Å². The molecule has 1 fully saturated rings. The van der Waals surface area contributed by atoms with E-state index < -0.39 is 11.1 Å². The third kappa shape index (κ3) is 3.81. The maximum atomic E-state index is 11.7. The predicted molar refractivity (Wildman–Crippen MR) is 109 cm³/mol. The van der Waals surface area contributed by atoms with Gasteiger partial charge < -0.3 is 13.9 Å². The number of rotatable bonds is 3. The number of hydrogen-bond acceptors (Lipinski definition) is 7. The van der Waals surface area contributed by atoms with Gasteiger partial charge in [0.15, 0.2) is 17.1 Å². The molecule has 1 aliphatic heterocycles. The van der Waals surface area contributed by atoms with E-state index in [1.165, 1.54) is 6.08 Å². The lowest BCUT2D eigenvalue weighted by molar-refractivity contribution is -0.115. The Labute approximate surface area is 170 Å². The topological polar surface area (TPSA) is 90.7 Å². The summed E-state index contributed by atoms with van der Waals surface area (Å²) >= 11 is 0.832. The molecule has 3 heterocycles. The zero-order chi connectivity index (χ0) is 20.4. The molecular formula is C21H14N2O5S. The number of fused-ring (bicyclic) bond motifs is 1. The number of ether oxygens (including phenoxy) is 2. The molecule has 0 saturated carbocycles. The monoisotopic (exact) mass is 406 g/mol. The fourth-order valence-corrected chi connectivity index (χ4v) is 3.41. The minimum absolute atomic E-state index is 0.278. The minimum atomic E-state index is -0.438. The third-order valence-electron chi connectivity index (χ3n) is 4.08. The molecule has 0 radical (unpaired) electrons. The van der Waals surface area contributed by atoms with Crippen LogP contribution in [-0.2, 0) is 4.79 Å². The van der Waals surface area contributed by atoms with Gasteiger partial charge in [-0.1, -0.05) is 11.8 Å². The molecule has 144 valence electrons. The van der Waals surface area contributed by atoms with Gasteiger partial charge in [-0.25, -0.2) is 0 Å². The Morgan fingerprint density at radius 1 is 1.10 bits per heavy atom. The van der Waals surface area contributed by atoms with E-state index in [-0.39, 0.29) is 4.91 Å². The molecular weight excluding hydrogens is 392 g/mol. The van der Waals surface area contributed by atoms with Gasteiger partial charge in [0.25, 0.3) is 11.1 Å². The summed E-state index contributed by atoms with van der Waals surface area (Å²) in [5.41, 5.74) is 1.89. The Balaban J connectivity index is 1.69. The number of hydrogen-bond donors (Lipinski definition) is 1. The van der Waals surface area contributed by atoms with Gasteiger partial charge in [-0.15, -0.1) is 0 Å². The van der Waals surface area contributed by atoms with Gasteiger partial charge in [-0.2, -0.15) is 0 Å². The van der Waals surface area contributed by atoms with E-state index in [1.807, 2.05) is 6.07 Å². The lowest BCUT2D eigenvalue weighted by atomic mass is 10.1. The number of aromatic nitrogens is 1. The molecule has 1 aliphatic rings. The summed E-state index contributed by atoms with van der Waals surface area (Å²) in [6.07, 6.45) is 4.78. The molecule has 0 atom stereocenters. The quantitative estimate of drug-likeness (QED) is 0.525. The molecule has 3 aromatic rings. The van der Waals surface area contributed by atoms with Crippen molar-refractivity contribution < 1.29 is 23.5 Å². The van der Waals surface area contributed by atoms with Crippen molar-refractivity contribution in [2.24, 2.45) is 0 Å². The first-order valence-electron chi connectivity index (χ1n) is 8.44. The largest absolute Gasteiger partial charge is 0.493 e. The molecule has 7 nitrogen and oxygen atoms in total. The van der Waals surface area contributed by atoms with Gasteiger partial charge in [-0.05, 0) is 36.0 Å². The van der Waals surface area contributed by atoms with Crippen molar-refractivity contribution >= 4 is 40.0 Å². The Hall–Kier alpha value is -3.70. The number of thioether (sulfide) groups is 1. The highest BCUT2D eigenvalue weighted by molar-refractivity contribution is 8.18. The number of pyridine rings is 1. The average molecular weight is 406 g/mol. The van der Waals surface area contributed by atoms with E-state index in [9.17, 15) is 9.59 Å². The number of benzene rings is 1. The van der Waals surface area contributed by atoms with Crippen molar-refractivity contribution in [2.75, 3.05) is 14.2 Å². The molecule has 0 bridgehead atoms. The molecule has 0 spiro atoms. The number of carbonyl (C=O) groups excluding carboxylic acids is 2. The molecule has 0 aliphatic carbocycles. The molecule has 29 heavy (non-hydrogen) atoms. The van der Waals surface area contributed by atoms with Crippen molar-refractivity contribution in [3.05, 3.63) is 58.5 Å². The van der Waals surface area contributed by atoms with E-state index in [0.29, 0.717) is 28.4 Å². The fourth-order valence-electron chi connectivity index (χ4n) is 2.75. The highest BCUT2D eigenvalue weighted by Gasteiger charge is 2.25. The number of carbonyl (C=O) groups is 2. The Bertz CT molecular complexity index is 1230. The smallest absolute Gasteiger partial charge is 0.290 e. The number of amides is 2. The third-order valence-corrected chi connectivity index (χ3v) is 4.89. The fraction of sp³-hybridized carbons (Fsp3) is 0.0952. The standard InChI is InChI=1S/C21H14N2O5S/c1-26-16-6-4-12(7-17(16)27-2)3-5-13-10-22-11-14-8-15(28-19(13)14)9-18-20(24)23-21(25)29-18/h4,6-11H,1-2H3,(H,23,24,25)/b18-9-. The summed E-state index contributed by atoms with van der Waals surface area (Å²) in [5.74, 6) is 7.33. The van der Waals surface area contributed by atoms with Crippen molar-refractivity contribution in [2.45, 2.75) is 0 Å². The molecule has 4 rings (SSSR count). The van der Waals surface area contributed by atoms with E-state index in [0.717, 1.165) is 22.7 Å². The van der Waals surface area contributed by atoms with Crippen LogP contribution in [-0.4, -0.2) is 30.3 Å². The number of nitrogens with one attached hydrogen (secondary N) is 1. The SMILES string of the molecule is COc1ccc(C#Cc2cncc3cc(/C=C4\SC(=O)NC4=O)oc23)cc1OC. The van der Waals surface area contributed by atoms with Gasteiger partial charge in [0, 0.05) is 29.4 Å². The van der Waals surface area contributed by atoms with Gasteiger partial charge in [0.05, 0.1) is 24.7 Å². The van der Waals surface area contributed by atoms with Gasteiger partial charge in [0.2, 0.25) is 0 Å². The highest BCUT2D eigenvalue weighted by Crippen LogP contribution is 2.29. The second kappa shape index (κ2) is 7.73. The van der Waals surface area contributed by atoms with Gasteiger partial charge in [0.1, 0.15) is 5.76 Å².